The maximum Gasteiger partial charge on any atom is 0.264 e. The van der Waals surface area contributed by atoms with Crippen molar-refractivity contribution in [1.82, 2.24) is 9.88 Å². The maximum atomic E-state index is 12.2. The number of aryl methyl sites for hydroxylation is 1. The molecule has 0 bridgehead atoms. The van der Waals surface area contributed by atoms with Crippen LogP contribution >= 0.6 is 22.7 Å². The molecule has 0 spiro atoms. The Kier molecular flexibility index (Phi) is 5.30. The molecule has 0 fully saturated rings. The van der Waals surface area contributed by atoms with E-state index in [-0.39, 0.29) is 18.4 Å². The van der Waals surface area contributed by atoms with Crippen LogP contribution in [0, 0.1) is 5.92 Å². The minimum atomic E-state index is -0.208. The number of carbonyl (C=O) groups is 2. The lowest BCUT2D eigenvalue weighted by Crippen LogP contribution is -2.34. The highest BCUT2D eigenvalue weighted by molar-refractivity contribution is 7.15. The fraction of sp³-hybridized carbons (Fsp3) is 0.471. The molecule has 5 nitrogen and oxygen atoms in total. The first kappa shape index (κ1) is 17.1. The highest BCUT2D eigenvalue weighted by Gasteiger charge is 2.22. The molecule has 2 aromatic rings. The number of hydrogen-bond donors (Lipinski definition) is 1. The van der Waals surface area contributed by atoms with Gasteiger partial charge in [-0.05, 0) is 36.6 Å². The van der Waals surface area contributed by atoms with Gasteiger partial charge in [0.25, 0.3) is 5.91 Å². The number of rotatable bonds is 5. The topological polar surface area (TPSA) is 62.3 Å². The number of nitrogens with one attached hydrogen (secondary N) is 1. The number of amides is 2. The van der Waals surface area contributed by atoms with Crippen LogP contribution in [-0.4, -0.2) is 35.3 Å². The van der Waals surface area contributed by atoms with Crippen molar-refractivity contribution in [3.8, 4) is 0 Å². The largest absolute Gasteiger partial charge is 0.332 e. The Morgan fingerprint density at radius 1 is 1.46 bits per heavy atom. The van der Waals surface area contributed by atoms with Gasteiger partial charge in [-0.25, -0.2) is 4.98 Å². The summed E-state index contributed by atoms with van der Waals surface area (Å²) in [6.07, 6.45) is 4.43. The fourth-order valence-electron chi connectivity index (χ4n) is 2.88. The standard InChI is InChI=1S/C17H21N3O2S2/c1-3-11-6-7-12-14(9-11)24-17(18-12)19-15(21)10-20(2)16(22)13-5-4-8-23-13/h4-5,8,11H,3,6-7,9-10H2,1-2H3,(H,18,19,21). The van der Waals surface area contributed by atoms with Crippen molar-refractivity contribution in [1.29, 1.82) is 0 Å². The Morgan fingerprint density at radius 2 is 2.29 bits per heavy atom. The Bertz CT molecular complexity index is 724. The normalized spacial score (nSPS) is 16.5. The van der Waals surface area contributed by atoms with Crippen molar-refractivity contribution in [2.75, 3.05) is 18.9 Å². The SMILES string of the molecule is CCC1CCc2nc(NC(=O)CN(C)C(=O)c3cccs3)sc2C1. The van der Waals surface area contributed by atoms with Gasteiger partial charge < -0.3 is 10.2 Å². The minimum Gasteiger partial charge on any atom is -0.332 e. The van der Waals surface area contributed by atoms with Crippen LogP contribution in [0.2, 0.25) is 0 Å². The maximum absolute atomic E-state index is 12.2. The predicted molar refractivity (Wildman–Crippen MR) is 97.8 cm³/mol. The van der Waals surface area contributed by atoms with Crippen LogP contribution < -0.4 is 5.32 Å². The summed E-state index contributed by atoms with van der Waals surface area (Å²) >= 11 is 2.95. The first-order valence-corrected chi connectivity index (χ1v) is 9.83. The van der Waals surface area contributed by atoms with E-state index in [2.05, 4.69) is 17.2 Å². The van der Waals surface area contributed by atoms with Gasteiger partial charge in [-0.2, -0.15) is 0 Å². The molecule has 7 heteroatoms. The van der Waals surface area contributed by atoms with E-state index in [0.717, 1.165) is 24.5 Å². The minimum absolute atomic E-state index is 0.0264. The highest BCUT2D eigenvalue weighted by Crippen LogP contribution is 2.33. The molecule has 3 rings (SSSR count). The molecular formula is C17H21N3O2S2. The third-order valence-corrected chi connectivity index (χ3v) is 6.22. The van der Waals surface area contributed by atoms with Crippen molar-refractivity contribution in [2.24, 2.45) is 5.92 Å². The molecule has 0 saturated heterocycles. The van der Waals surface area contributed by atoms with Crippen LogP contribution in [0.25, 0.3) is 0 Å². The van der Waals surface area contributed by atoms with Gasteiger partial charge in [0.05, 0.1) is 17.1 Å². The summed E-state index contributed by atoms with van der Waals surface area (Å²) < 4.78 is 0. The van der Waals surface area contributed by atoms with Crippen molar-refractivity contribution in [3.05, 3.63) is 33.0 Å². The fourth-order valence-corrected chi connectivity index (χ4v) is 4.74. The van der Waals surface area contributed by atoms with Gasteiger partial charge in [-0.15, -0.1) is 22.7 Å². The molecule has 2 amide bonds. The summed E-state index contributed by atoms with van der Waals surface area (Å²) in [5.41, 5.74) is 1.13. The molecule has 1 unspecified atom stereocenters. The number of nitrogens with zero attached hydrogens (tertiary/aromatic N) is 2. The van der Waals surface area contributed by atoms with Crippen molar-refractivity contribution < 1.29 is 9.59 Å². The second-order valence-corrected chi connectivity index (χ2v) is 8.12. The molecule has 0 aliphatic heterocycles. The lowest BCUT2D eigenvalue weighted by Gasteiger charge is -2.18. The Labute approximate surface area is 149 Å². The van der Waals surface area contributed by atoms with Gasteiger partial charge >= 0.3 is 0 Å². The highest BCUT2D eigenvalue weighted by atomic mass is 32.1. The molecule has 2 heterocycles. The second-order valence-electron chi connectivity index (χ2n) is 6.09. The first-order chi connectivity index (χ1) is 11.6. The molecule has 0 radical (unpaired) electrons. The lowest BCUT2D eigenvalue weighted by atomic mass is 9.89. The van der Waals surface area contributed by atoms with Crippen LogP contribution in [0.3, 0.4) is 0 Å². The van der Waals surface area contributed by atoms with Crippen LogP contribution in [0.15, 0.2) is 17.5 Å². The number of thiazole rings is 1. The summed E-state index contributed by atoms with van der Waals surface area (Å²) in [5.74, 6) is 0.390. The number of thiophene rings is 1. The number of aromatic nitrogens is 1. The first-order valence-electron chi connectivity index (χ1n) is 8.14. The monoisotopic (exact) mass is 363 g/mol. The smallest absolute Gasteiger partial charge is 0.264 e. The average Bonchev–Trinajstić information content (AvgIpc) is 3.22. The predicted octanol–water partition coefficient (Wildman–Crippen LogP) is 3.43. The van der Waals surface area contributed by atoms with Crippen molar-refractivity contribution in [2.45, 2.75) is 32.6 Å². The van der Waals surface area contributed by atoms with Crippen LogP contribution in [-0.2, 0) is 17.6 Å². The Hall–Kier alpha value is -1.73. The number of anilines is 1. The summed E-state index contributed by atoms with van der Waals surface area (Å²) in [4.78, 5) is 32.3. The molecule has 24 heavy (non-hydrogen) atoms. The molecule has 1 N–H and O–H groups in total. The zero-order valence-corrected chi connectivity index (χ0v) is 15.5. The van der Waals surface area contributed by atoms with Crippen LogP contribution in [0.4, 0.5) is 5.13 Å². The van der Waals surface area contributed by atoms with E-state index >= 15 is 0 Å². The molecule has 1 aliphatic carbocycles. The summed E-state index contributed by atoms with van der Waals surface area (Å²) in [6.45, 7) is 2.25. The third kappa shape index (κ3) is 3.84. The van der Waals surface area contributed by atoms with Gasteiger partial charge in [0.15, 0.2) is 5.13 Å². The van der Waals surface area contributed by atoms with Gasteiger partial charge in [-0.3, -0.25) is 9.59 Å². The van der Waals surface area contributed by atoms with E-state index in [1.54, 1.807) is 24.5 Å². The van der Waals surface area contributed by atoms with E-state index in [9.17, 15) is 9.59 Å². The van der Waals surface area contributed by atoms with Crippen molar-refractivity contribution in [3.63, 3.8) is 0 Å². The Morgan fingerprint density at radius 3 is 3.00 bits per heavy atom. The van der Waals surface area contributed by atoms with E-state index in [1.165, 1.54) is 34.0 Å². The van der Waals surface area contributed by atoms with Crippen molar-refractivity contribution >= 4 is 39.6 Å². The van der Waals surface area contributed by atoms with Gasteiger partial charge in [0.1, 0.15) is 0 Å². The molecule has 1 atom stereocenters. The third-order valence-electron chi connectivity index (χ3n) is 4.32. The van der Waals surface area contributed by atoms with E-state index in [4.69, 9.17) is 0 Å². The molecule has 0 aromatic carbocycles. The van der Waals surface area contributed by atoms with E-state index in [1.807, 2.05) is 11.4 Å². The van der Waals surface area contributed by atoms with Crippen LogP contribution in [0.1, 0.15) is 40.0 Å². The van der Waals surface area contributed by atoms with Gasteiger partial charge in [0, 0.05) is 11.9 Å². The quantitative estimate of drug-likeness (QED) is 0.885. The molecule has 128 valence electrons. The molecule has 2 aromatic heterocycles. The van der Waals surface area contributed by atoms with Gasteiger partial charge in [0.2, 0.25) is 5.91 Å². The molecule has 1 aliphatic rings. The molecule has 0 saturated carbocycles. The number of hydrogen-bond acceptors (Lipinski definition) is 5. The average molecular weight is 364 g/mol. The van der Waals surface area contributed by atoms with Crippen LogP contribution in [0.5, 0.6) is 0 Å². The van der Waals surface area contributed by atoms with E-state index in [0.29, 0.717) is 10.0 Å². The zero-order chi connectivity index (χ0) is 17.1. The summed E-state index contributed by atoms with van der Waals surface area (Å²) in [5, 5.41) is 5.34. The number of likely N-dealkylation sites (N-methyl/N-ethyl adjacent to an activating group) is 1. The Balaban J connectivity index is 1.57. The number of fused-ring (bicyclic) bond motifs is 1. The summed E-state index contributed by atoms with van der Waals surface area (Å²) in [7, 11) is 1.64. The second kappa shape index (κ2) is 7.44. The van der Waals surface area contributed by atoms with E-state index < -0.39 is 0 Å². The van der Waals surface area contributed by atoms with Gasteiger partial charge in [-0.1, -0.05) is 19.4 Å². The molecular weight excluding hydrogens is 342 g/mol. The zero-order valence-electron chi connectivity index (χ0n) is 13.9. The lowest BCUT2D eigenvalue weighted by molar-refractivity contribution is -0.116. The summed E-state index contributed by atoms with van der Waals surface area (Å²) in [6, 6.07) is 3.59. The number of carbonyl (C=O) groups excluding carboxylic acids is 2.